The highest BCUT2D eigenvalue weighted by molar-refractivity contribution is 5.71. The largest absolute Gasteiger partial charge is 0.462 e. The fourth-order valence-electron chi connectivity index (χ4n) is 5.76. The van der Waals surface area contributed by atoms with Crippen LogP contribution in [0.1, 0.15) is 213 Å². The van der Waals surface area contributed by atoms with Gasteiger partial charge in [0, 0.05) is 19.3 Å². The molecule has 0 bridgehead atoms. The van der Waals surface area contributed by atoms with E-state index in [4.69, 9.17) is 14.2 Å². The summed E-state index contributed by atoms with van der Waals surface area (Å²) in [7, 11) is 0. The first kappa shape index (κ1) is 46.9. The van der Waals surface area contributed by atoms with Crippen molar-refractivity contribution in [2.45, 2.75) is 219 Å². The Kier molecular flexibility index (Phi) is 37.0. The smallest absolute Gasteiger partial charge is 0.306 e. The Balaban J connectivity index is 4.26. The number of ether oxygens (including phenoxy) is 3. The molecule has 0 saturated carbocycles. The zero-order chi connectivity index (χ0) is 35.9. The summed E-state index contributed by atoms with van der Waals surface area (Å²) in [5, 5.41) is 0. The second-order valence-electron chi connectivity index (χ2n) is 13.9. The van der Waals surface area contributed by atoms with Crippen molar-refractivity contribution in [3.63, 3.8) is 0 Å². The fraction of sp³-hybridized carbons (Fsp3) is 0.837. The average molecular weight is 691 g/mol. The van der Waals surface area contributed by atoms with Crippen LogP contribution in [0.15, 0.2) is 24.3 Å². The van der Waals surface area contributed by atoms with E-state index in [2.05, 4.69) is 45.1 Å². The Morgan fingerprint density at radius 2 is 0.735 bits per heavy atom. The first-order chi connectivity index (χ1) is 24.0. The second kappa shape index (κ2) is 38.7. The van der Waals surface area contributed by atoms with Crippen LogP contribution in [0, 0.1) is 0 Å². The molecule has 0 aliphatic rings. The van der Waals surface area contributed by atoms with Gasteiger partial charge in [0.1, 0.15) is 13.2 Å². The molecule has 6 nitrogen and oxygen atoms in total. The van der Waals surface area contributed by atoms with Crippen LogP contribution >= 0.6 is 0 Å². The third kappa shape index (κ3) is 37.0. The van der Waals surface area contributed by atoms with Crippen LogP contribution in [0.2, 0.25) is 0 Å². The third-order valence-corrected chi connectivity index (χ3v) is 8.96. The van der Waals surface area contributed by atoms with Crippen molar-refractivity contribution in [3.05, 3.63) is 24.3 Å². The summed E-state index contributed by atoms with van der Waals surface area (Å²) in [5.74, 6) is -0.903. The Hall–Kier alpha value is -2.11. The van der Waals surface area contributed by atoms with Crippen LogP contribution in [0.25, 0.3) is 0 Å². The number of carbonyl (C=O) groups is 3. The maximum Gasteiger partial charge on any atom is 0.306 e. The predicted molar refractivity (Wildman–Crippen MR) is 206 cm³/mol. The lowest BCUT2D eigenvalue weighted by molar-refractivity contribution is -0.167. The van der Waals surface area contributed by atoms with E-state index in [0.717, 1.165) is 83.5 Å². The summed E-state index contributed by atoms with van der Waals surface area (Å²) < 4.78 is 16.5. The fourth-order valence-corrected chi connectivity index (χ4v) is 5.76. The van der Waals surface area contributed by atoms with Gasteiger partial charge in [-0.15, -0.1) is 0 Å². The summed E-state index contributed by atoms with van der Waals surface area (Å²) in [5.41, 5.74) is 0. The number of allylic oxidation sites excluding steroid dienone is 4. The van der Waals surface area contributed by atoms with Crippen molar-refractivity contribution >= 4 is 17.9 Å². The number of hydrogen-bond donors (Lipinski definition) is 0. The Morgan fingerprint density at radius 1 is 0.408 bits per heavy atom. The van der Waals surface area contributed by atoms with Crippen LogP contribution in [-0.2, 0) is 28.6 Å². The van der Waals surface area contributed by atoms with Crippen molar-refractivity contribution in [2.24, 2.45) is 0 Å². The standard InChI is InChI=1S/C43H78O6/c1-4-7-10-13-15-17-19-20-21-22-24-25-27-30-33-36-42(45)48-39-40(38-47-41(44)35-32-29-12-9-6-3)49-43(46)37-34-31-28-26-23-18-16-14-11-8-5-2/h15,17,20-21,40H,4-14,16,18-19,22-39H2,1-3H3/b17-15-,21-20-. The van der Waals surface area contributed by atoms with Gasteiger partial charge in [-0.25, -0.2) is 0 Å². The molecule has 0 rings (SSSR count). The topological polar surface area (TPSA) is 78.9 Å². The number of unbranched alkanes of at least 4 members (excludes halogenated alkanes) is 22. The lowest BCUT2D eigenvalue weighted by Gasteiger charge is -2.18. The molecule has 0 aromatic heterocycles. The molecule has 49 heavy (non-hydrogen) atoms. The van der Waals surface area contributed by atoms with Gasteiger partial charge < -0.3 is 14.2 Å². The summed E-state index contributed by atoms with van der Waals surface area (Å²) in [6.45, 7) is 6.49. The first-order valence-electron chi connectivity index (χ1n) is 20.8. The van der Waals surface area contributed by atoms with E-state index in [1.54, 1.807) is 0 Å². The van der Waals surface area contributed by atoms with Crippen LogP contribution in [0.3, 0.4) is 0 Å². The van der Waals surface area contributed by atoms with Crippen molar-refractivity contribution in [1.29, 1.82) is 0 Å². The van der Waals surface area contributed by atoms with Gasteiger partial charge in [0.05, 0.1) is 0 Å². The molecule has 0 saturated heterocycles. The zero-order valence-electron chi connectivity index (χ0n) is 32.5. The predicted octanol–water partition coefficient (Wildman–Crippen LogP) is 12.9. The summed E-state index contributed by atoms with van der Waals surface area (Å²) in [6, 6.07) is 0. The van der Waals surface area contributed by atoms with Crippen LogP contribution in [0.5, 0.6) is 0 Å². The van der Waals surface area contributed by atoms with Crippen LogP contribution in [0.4, 0.5) is 0 Å². The highest BCUT2D eigenvalue weighted by Crippen LogP contribution is 2.14. The van der Waals surface area contributed by atoms with Gasteiger partial charge in [0.25, 0.3) is 0 Å². The summed E-state index contributed by atoms with van der Waals surface area (Å²) in [4.78, 5) is 37.3. The molecule has 0 N–H and O–H groups in total. The Morgan fingerprint density at radius 3 is 1.16 bits per heavy atom. The molecule has 0 aliphatic carbocycles. The Labute approximate surface area is 303 Å². The van der Waals surface area contributed by atoms with Gasteiger partial charge in [-0.3, -0.25) is 14.4 Å². The zero-order valence-corrected chi connectivity index (χ0v) is 32.5. The van der Waals surface area contributed by atoms with Crippen LogP contribution < -0.4 is 0 Å². The summed E-state index contributed by atoms with van der Waals surface area (Å²) in [6.07, 6.45) is 40.4. The number of carbonyl (C=O) groups excluding carboxylic acids is 3. The minimum atomic E-state index is -0.766. The monoisotopic (exact) mass is 691 g/mol. The van der Waals surface area contributed by atoms with Gasteiger partial charge in [-0.05, 0) is 51.4 Å². The SMILES string of the molecule is CCCCC/C=C\C/C=C\CCCCCCCC(=O)OCC(COC(=O)CCCCCCC)OC(=O)CCCCCCCCCCCCC. The van der Waals surface area contributed by atoms with Crippen molar-refractivity contribution in [2.75, 3.05) is 13.2 Å². The average Bonchev–Trinajstić information content (AvgIpc) is 3.09. The number of esters is 3. The quantitative estimate of drug-likeness (QED) is 0.0279. The van der Waals surface area contributed by atoms with Crippen LogP contribution in [-0.4, -0.2) is 37.2 Å². The van der Waals surface area contributed by atoms with Gasteiger partial charge >= 0.3 is 17.9 Å². The van der Waals surface area contributed by atoms with Gasteiger partial charge in [0.15, 0.2) is 6.10 Å². The molecule has 0 radical (unpaired) electrons. The maximum absolute atomic E-state index is 12.6. The molecule has 1 unspecified atom stereocenters. The van der Waals surface area contributed by atoms with Crippen molar-refractivity contribution in [1.82, 2.24) is 0 Å². The minimum Gasteiger partial charge on any atom is -0.462 e. The summed E-state index contributed by atoms with van der Waals surface area (Å²) >= 11 is 0. The molecular formula is C43H78O6. The molecule has 0 heterocycles. The molecule has 286 valence electrons. The van der Waals surface area contributed by atoms with Gasteiger partial charge in [-0.1, -0.05) is 167 Å². The van der Waals surface area contributed by atoms with E-state index in [9.17, 15) is 14.4 Å². The van der Waals surface area contributed by atoms with Crippen molar-refractivity contribution < 1.29 is 28.6 Å². The normalized spacial score (nSPS) is 12.1. The molecule has 6 heteroatoms. The maximum atomic E-state index is 12.6. The van der Waals surface area contributed by atoms with E-state index in [-0.39, 0.29) is 31.1 Å². The van der Waals surface area contributed by atoms with E-state index in [1.807, 2.05) is 0 Å². The second-order valence-corrected chi connectivity index (χ2v) is 13.9. The molecular weight excluding hydrogens is 612 g/mol. The minimum absolute atomic E-state index is 0.0746. The van der Waals surface area contributed by atoms with Gasteiger partial charge in [-0.2, -0.15) is 0 Å². The molecule has 0 aliphatic heterocycles. The highest BCUT2D eigenvalue weighted by atomic mass is 16.6. The van der Waals surface area contributed by atoms with E-state index in [1.165, 1.54) is 89.9 Å². The third-order valence-electron chi connectivity index (χ3n) is 8.96. The molecule has 0 spiro atoms. The first-order valence-corrected chi connectivity index (χ1v) is 20.8. The van der Waals surface area contributed by atoms with E-state index in [0.29, 0.717) is 19.3 Å². The molecule has 0 fully saturated rings. The van der Waals surface area contributed by atoms with E-state index >= 15 is 0 Å². The number of rotatable bonds is 37. The molecule has 1 atom stereocenters. The van der Waals surface area contributed by atoms with Gasteiger partial charge in [0.2, 0.25) is 0 Å². The molecule has 0 aromatic carbocycles. The number of hydrogen-bond acceptors (Lipinski definition) is 6. The van der Waals surface area contributed by atoms with Crippen molar-refractivity contribution in [3.8, 4) is 0 Å². The lowest BCUT2D eigenvalue weighted by Crippen LogP contribution is -2.30. The highest BCUT2D eigenvalue weighted by Gasteiger charge is 2.19. The Bertz CT molecular complexity index is 804. The lowest BCUT2D eigenvalue weighted by atomic mass is 10.1. The van der Waals surface area contributed by atoms with E-state index < -0.39 is 6.10 Å². The molecule has 0 amide bonds. The molecule has 0 aromatic rings.